The van der Waals surface area contributed by atoms with Crippen molar-refractivity contribution in [3.8, 4) is 0 Å². The van der Waals surface area contributed by atoms with Crippen molar-refractivity contribution in [3.63, 3.8) is 0 Å². The number of primary amides is 1. The van der Waals surface area contributed by atoms with E-state index in [9.17, 15) is 9.18 Å². The van der Waals surface area contributed by atoms with Gasteiger partial charge in [0.2, 0.25) is 0 Å². The first-order valence-electron chi connectivity index (χ1n) is 6.70. The Balaban J connectivity index is 2.35. The Morgan fingerprint density at radius 2 is 2.00 bits per heavy atom. The summed E-state index contributed by atoms with van der Waals surface area (Å²) >= 11 is 0. The van der Waals surface area contributed by atoms with Gasteiger partial charge in [-0.25, -0.2) is 4.39 Å². The molecule has 0 bridgehead atoms. The SMILES string of the molecule is CCN(Cc1cccc(N)c1)c1ccc(F)cc1C(N)=O. The Hall–Kier alpha value is -2.56. The van der Waals surface area contributed by atoms with E-state index < -0.39 is 11.7 Å². The van der Waals surface area contributed by atoms with Gasteiger partial charge in [0.15, 0.2) is 0 Å². The summed E-state index contributed by atoms with van der Waals surface area (Å²) in [7, 11) is 0. The molecule has 0 aromatic heterocycles. The van der Waals surface area contributed by atoms with Gasteiger partial charge in [0.05, 0.1) is 5.56 Å². The van der Waals surface area contributed by atoms with Gasteiger partial charge in [0.25, 0.3) is 5.91 Å². The number of nitrogens with two attached hydrogens (primary N) is 2. The number of anilines is 2. The number of rotatable bonds is 5. The van der Waals surface area contributed by atoms with Gasteiger partial charge in [-0.2, -0.15) is 0 Å². The fourth-order valence-electron chi connectivity index (χ4n) is 2.26. The zero-order valence-electron chi connectivity index (χ0n) is 11.8. The van der Waals surface area contributed by atoms with Crippen molar-refractivity contribution < 1.29 is 9.18 Å². The number of carbonyl (C=O) groups excluding carboxylic acids is 1. The van der Waals surface area contributed by atoms with E-state index in [1.54, 1.807) is 6.07 Å². The third kappa shape index (κ3) is 3.51. The van der Waals surface area contributed by atoms with Crippen molar-refractivity contribution >= 4 is 17.3 Å². The Morgan fingerprint density at radius 3 is 2.62 bits per heavy atom. The van der Waals surface area contributed by atoms with E-state index in [0.29, 0.717) is 24.5 Å². The molecule has 2 aromatic carbocycles. The van der Waals surface area contributed by atoms with E-state index in [0.717, 1.165) is 5.56 Å². The summed E-state index contributed by atoms with van der Waals surface area (Å²) in [4.78, 5) is 13.5. The van der Waals surface area contributed by atoms with Crippen LogP contribution in [0.25, 0.3) is 0 Å². The lowest BCUT2D eigenvalue weighted by Gasteiger charge is -2.25. The molecule has 5 heteroatoms. The second-order valence-corrected chi connectivity index (χ2v) is 4.78. The molecule has 1 amide bonds. The van der Waals surface area contributed by atoms with E-state index in [2.05, 4.69) is 0 Å². The van der Waals surface area contributed by atoms with Crippen LogP contribution in [0.4, 0.5) is 15.8 Å². The molecule has 4 nitrogen and oxygen atoms in total. The first-order chi connectivity index (χ1) is 10.0. The van der Waals surface area contributed by atoms with E-state index in [1.165, 1.54) is 12.1 Å². The number of nitrogens with zero attached hydrogens (tertiary/aromatic N) is 1. The molecule has 0 spiro atoms. The molecule has 0 aliphatic heterocycles. The summed E-state index contributed by atoms with van der Waals surface area (Å²) in [6.45, 7) is 3.18. The second-order valence-electron chi connectivity index (χ2n) is 4.78. The Bertz CT molecular complexity index is 658. The zero-order valence-corrected chi connectivity index (χ0v) is 11.8. The number of carbonyl (C=O) groups is 1. The van der Waals surface area contributed by atoms with Crippen molar-refractivity contribution in [2.75, 3.05) is 17.2 Å². The number of nitrogen functional groups attached to an aromatic ring is 1. The van der Waals surface area contributed by atoms with Crippen LogP contribution in [0.5, 0.6) is 0 Å². The van der Waals surface area contributed by atoms with Crippen LogP contribution in [0.1, 0.15) is 22.8 Å². The molecule has 0 unspecified atom stereocenters. The molecule has 0 atom stereocenters. The lowest BCUT2D eigenvalue weighted by molar-refractivity contribution is 0.100. The number of halogens is 1. The highest BCUT2D eigenvalue weighted by molar-refractivity contribution is 5.98. The minimum atomic E-state index is -0.643. The predicted molar refractivity (Wildman–Crippen MR) is 82.5 cm³/mol. The monoisotopic (exact) mass is 287 g/mol. The maximum absolute atomic E-state index is 13.3. The molecule has 0 aliphatic rings. The average Bonchev–Trinajstić information content (AvgIpc) is 2.45. The highest BCUT2D eigenvalue weighted by Gasteiger charge is 2.15. The van der Waals surface area contributed by atoms with E-state index in [1.807, 2.05) is 36.1 Å². The van der Waals surface area contributed by atoms with Gasteiger partial charge < -0.3 is 16.4 Å². The first kappa shape index (κ1) is 14.8. The van der Waals surface area contributed by atoms with Gasteiger partial charge in [0, 0.05) is 24.5 Å². The molecule has 110 valence electrons. The fourth-order valence-corrected chi connectivity index (χ4v) is 2.26. The van der Waals surface area contributed by atoms with Gasteiger partial charge in [0.1, 0.15) is 5.82 Å². The maximum Gasteiger partial charge on any atom is 0.250 e. The molecule has 2 rings (SSSR count). The van der Waals surface area contributed by atoms with Crippen molar-refractivity contribution in [1.29, 1.82) is 0 Å². The third-order valence-electron chi connectivity index (χ3n) is 3.27. The molecule has 2 aromatic rings. The van der Waals surface area contributed by atoms with Crippen LogP contribution in [0, 0.1) is 5.82 Å². The zero-order chi connectivity index (χ0) is 15.4. The van der Waals surface area contributed by atoms with E-state index >= 15 is 0 Å². The summed E-state index contributed by atoms with van der Waals surface area (Å²) in [6, 6.07) is 11.6. The lowest BCUT2D eigenvalue weighted by Crippen LogP contribution is -2.26. The predicted octanol–water partition coefficient (Wildman–Crippen LogP) is 2.53. The van der Waals surface area contributed by atoms with Crippen LogP contribution in [0.15, 0.2) is 42.5 Å². The number of hydrogen-bond donors (Lipinski definition) is 2. The molecule has 4 N–H and O–H groups in total. The molecule has 0 aliphatic carbocycles. The van der Waals surface area contributed by atoms with Crippen LogP contribution in [0.3, 0.4) is 0 Å². The molecule has 0 saturated carbocycles. The standard InChI is InChI=1S/C16H18FN3O/c1-2-20(10-11-4-3-5-13(18)8-11)15-7-6-12(17)9-14(15)16(19)21/h3-9H,2,10,18H2,1H3,(H2,19,21). The summed E-state index contributed by atoms with van der Waals surface area (Å²) < 4.78 is 13.3. The summed E-state index contributed by atoms with van der Waals surface area (Å²) in [5.41, 5.74) is 13.6. The minimum absolute atomic E-state index is 0.181. The van der Waals surface area contributed by atoms with Crippen molar-refractivity contribution in [2.24, 2.45) is 5.73 Å². The molecule has 0 fully saturated rings. The Kier molecular flexibility index (Phi) is 4.42. The second kappa shape index (κ2) is 6.26. The topological polar surface area (TPSA) is 72.3 Å². The summed E-state index contributed by atoms with van der Waals surface area (Å²) in [5.74, 6) is -1.12. The van der Waals surface area contributed by atoms with E-state index in [-0.39, 0.29) is 5.56 Å². The van der Waals surface area contributed by atoms with Gasteiger partial charge >= 0.3 is 0 Å². The highest BCUT2D eigenvalue weighted by Crippen LogP contribution is 2.23. The quantitative estimate of drug-likeness (QED) is 0.830. The van der Waals surface area contributed by atoms with Gasteiger partial charge in [-0.1, -0.05) is 12.1 Å². The van der Waals surface area contributed by atoms with Crippen LogP contribution >= 0.6 is 0 Å². The highest BCUT2D eigenvalue weighted by atomic mass is 19.1. The minimum Gasteiger partial charge on any atom is -0.399 e. The summed E-state index contributed by atoms with van der Waals surface area (Å²) in [5, 5.41) is 0. The maximum atomic E-state index is 13.3. The molecule has 0 saturated heterocycles. The lowest BCUT2D eigenvalue weighted by atomic mass is 10.1. The van der Waals surface area contributed by atoms with Crippen LogP contribution < -0.4 is 16.4 Å². The molecule has 0 radical (unpaired) electrons. The average molecular weight is 287 g/mol. The van der Waals surface area contributed by atoms with Crippen LogP contribution in [-0.4, -0.2) is 12.5 Å². The van der Waals surface area contributed by atoms with Gasteiger partial charge in [-0.05, 0) is 42.8 Å². The number of benzene rings is 2. The first-order valence-corrected chi connectivity index (χ1v) is 6.70. The largest absolute Gasteiger partial charge is 0.399 e. The van der Waals surface area contributed by atoms with Crippen molar-refractivity contribution in [2.45, 2.75) is 13.5 Å². The smallest absolute Gasteiger partial charge is 0.250 e. The Labute approximate surface area is 123 Å². The summed E-state index contributed by atoms with van der Waals surface area (Å²) in [6.07, 6.45) is 0. The van der Waals surface area contributed by atoms with Gasteiger partial charge in [-0.15, -0.1) is 0 Å². The number of amides is 1. The molecular formula is C16H18FN3O. The number of hydrogen-bond acceptors (Lipinski definition) is 3. The van der Waals surface area contributed by atoms with Crippen LogP contribution in [-0.2, 0) is 6.54 Å². The Morgan fingerprint density at radius 1 is 1.24 bits per heavy atom. The van der Waals surface area contributed by atoms with Crippen LogP contribution in [0.2, 0.25) is 0 Å². The van der Waals surface area contributed by atoms with Crippen molar-refractivity contribution in [3.05, 3.63) is 59.4 Å². The molecular weight excluding hydrogens is 269 g/mol. The normalized spacial score (nSPS) is 10.4. The molecule has 0 heterocycles. The van der Waals surface area contributed by atoms with Crippen molar-refractivity contribution in [1.82, 2.24) is 0 Å². The molecule has 21 heavy (non-hydrogen) atoms. The fraction of sp³-hybridized carbons (Fsp3) is 0.188. The van der Waals surface area contributed by atoms with E-state index in [4.69, 9.17) is 11.5 Å². The third-order valence-corrected chi connectivity index (χ3v) is 3.27. The van der Waals surface area contributed by atoms with Gasteiger partial charge in [-0.3, -0.25) is 4.79 Å².